The van der Waals surface area contributed by atoms with E-state index in [0.717, 1.165) is 38.2 Å². The van der Waals surface area contributed by atoms with Gasteiger partial charge in [-0.2, -0.15) is 0 Å². The molecule has 0 spiro atoms. The summed E-state index contributed by atoms with van der Waals surface area (Å²) >= 11 is 11.9. The van der Waals surface area contributed by atoms with Crippen LogP contribution in [0.25, 0.3) is 0 Å². The van der Waals surface area contributed by atoms with Crippen LogP contribution in [0.3, 0.4) is 0 Å². The highest BCUT2D eigenvalue weighted by Crippen LogP contribution is 2.25. The summed E-state index contributed by atoms with van der Waals surface area (Å²) in [6.45, 7) is 3.40. The van der Waals surface area contributed by atoms with Gasteiger partial charge in [0, 0.05) is 44.2 Å². The molecule has 1 aromatic rings. The summed E-state index contributed by atoms with van der Waals surface area (Å²) in [5.41, 5.74) is 0.990. The van der Waals surface area contributed by atoms with Crippen molar-refractivity contribution in [3.05, 3.63) is 28.0 Å². The molecular formula is C13H15Cl2N3O. The van der Waals surface area contributed by atoms with Crippen LogP contribution in [0.1, 0.15) is 18.4 Å². The van der Waals surface area contributed by atoms with E-state index in [0.29, 0.717) is 28.7 Å². The molecule has 2 aliphatic rings. The van der Waals surface area contributed by atoms with E-state index in [4.69, 9.17) is 23.2 Å². The van der Waals surface area contributed by atoms with Crippen LogP contribution >= 0.6 is 23.2 Å². The largest absolute Gasteiger partial charge is 0.337 e. The first-order valence-corrected chi connectivity index (χ1v) is 7.22. The molecule has 0 radical (unpaired) electrons. The lowest BCUT2D eigenvalue weighted by Gasteiger charge is -2.37. The number of amides is 1. The molecule has 1 aromatic heterocycles. The van der Waals surface area contributed by atoms with E-state index in [1.165, 1.54) is 0 Å². The Morgan fingerprint density at radius 3 is 2.95 bits per heavy atom. The maximum absolute atomic E-state index is 11.6. The maximum Gasteiger partial charge on any atom is 0.222 e. The van der Waals surface area contributed by atoms with Crippen molar-refractivity contribution in [2.24, 2.45) is 0 Å². The minimum Gasteiger partial charge on any atom is -0.337 e. The number of pyridine rings is 1. The highest BCUT2D eigenvalue weighted by molar-refractivity contribution is 6.32. The third kappa shape index (κ3) is 2.71. The first-order chi connectivity index (χ1) is 9.13. The predicted molar refractivity (Wildman–Crippen MR) is 74.3 cm³/mol. The van der Waals surface area contributed by atoms with Crippen molar-refractivity contribution in [3.8, 4) is 0 Å². The van der Waals surface area contributed by atoms with E-state index in [-0.39, 0.29) is 0 Å². The Morgan fingerprint density at radius 2 is 2.16 bits per heavy atom. The van der Waals surface area contributed by atoms with Crippen LogP contribution in [0, 0.1) is 0 Å². The van der Waals surface area contributed by atoms with E-state index in [9.17, 15) is 4.79 Å². The van der Waals surface area contributed by atoms with Gasteiger partial charge in [0.2, 0.25) is 5.91 Å². The zero-order valence-corrected chi connectivity index (χ0v) is 12.0. The van der Waals surface area contributed by atoms with Gasteiger partial charge in [-0.15, -0.1) is 0 Å². The Balaban J connectivity index is 1.66. The molecule has 0 bridgehead atoms. The van der Waals surface area contributed by atoms with Crippen molar-refractivity contribution in [2.45, 2.75) is 25.4 Å². The van der Waals surface area contributed by atoms with E-state index < -0.39 is 0 Å². The van der Waals surface area contributed by atoms with Crippen molar-refractivity contribution in [1.29, 1.82) is 0 Å². The normalized spacial score (nSPS) is 23.8. The molecule has 6 heteroatoms. The Bertz CT molecular complexity index is 509. The van der Waals surface area contributed by atoms with Gasteiger partial charge in [0.1, 0.15) is 10.3 Å². The molecule has 3 heterocycles. The standard InChI is InChI=1S/C13H15Cl2N3O/c14-11-3-1-9(13(15)16-11)7-17-5-6-18-10(8-17)2-4-12(18)19/h1,3,10H,2,4-8H2. The van der Waals surface area contributed by atoms with Crippen molar-refractivity contribution in [2.75, 3.05) is 19.6 Å². The van der Waals surface area contributed by atoms with Crippen LogP contribution in [-0.4, -0.2) is 46.4 Å². The molecule has 0 saturated carbocycles. The second kappa shape index (κ2) is 5.27. The van der Waals surface area contributed by atoms with E-state index >= 15 is 0 Å². The number of hydrogen-bond donors (Lipinski definition) is 0. The number of nitrogens with zero attached hydrogens (tertiary/aromatic N) is 3. The first kappa shape index (κ1) is 13.2. The molecule has 3 rings (SSSR count). The molecule has 1 atom stereocenters. The zero-order valence-electron chi connectivity index (χ0n) is 10.5. The van der Waals surface area contributed by atoms with Gasteiger partial charge in [0.05, 0.1) is 0 Å². The van der Waals surface area contributed by atoms with Crippen LogP contribution in [0.15, 0.2) is 12.1 Å². The third-order valence-corrected chi connectivity index (χ3v) is 4.40. The van der Waals surface area contributed by atoms with Gasteiger partial charge in [-0.25, -0.2) is 4.98 Å². The summed E-state index contributed by atoms with van der Waals surface area (Å²) in [6, 6.07) is 4.06. The van der Waals surface area contributed by atoms with Gasteiger partial charge >= 0.3 is 0 Å². The summed E-state index contributed by atoms with van der Waals surface area (Å²) in [5, 5.41) is 0.886. The van der Waals surface area contributed by atoms with E-state index in [1.54, 1.807) is 6.07 Å². The lowest BCUT2D eigenvalue weighted by molar-refractivity contribution is -0.130. The lowest BCUT2D eigenvalue weighted by atomic mass is 10.1. The lowest BCUT2D eigenvalue weighted by Crippen LogP contribution is -2.50. The molecule has 2 saturated heterocycles. The van der Waals surface area contributed by atoms with Crippen LogP contribution in [-0.2, 0) is 11.3 Å². The fourth-order valence-corrected chi connectivity index (χ4v) is 3.28. The molecule has 0 aromatic carbocycles. The number of hydrogen-bond acceptors (Lipinski definition) is 3. The van der Waals surface area contributed by atoms with Crippen LogP contribution < -0.4 is 0 Å². The number of carbonyl (C=O) groups excluding carboxylic acids is 1. The van der Waals surface area contributed by atoms with Crippen LogP contribution in [0.4, 0.5) is 0 Å². The molecule has 2 aliphatic heterocycles. The van der Waals surface area contributed by atoms with Gasteiger partial charge in [-0.05, 0) is 12.5 Å². The molecule has 0 N–H and O–H groups in total. The molecular weight excluding hydrogens is 285 g/mol. The number of aromatic nitrogens is 1. The monoisotopic (exact) mass is 299 g/mol. The topological polar surface area (TPSA) is 36.4 Å². The second-order valence-electron chi connectivity index (χ2n) is 5.10. The molecule has 19 heavy (non-hydrogen) atoms. The van der Waals surface area contributed by atoms with Gasteiger partial charge in [0.15, 0.2) is 0 Å². The van der Waals surface area contributed by atoms with Gasteiger partial charge in [0.25, 0.3) is 0 Å². The average Bonchev–Trinajstić information content (AvgIpc) is 2.74. The number of carbonyl (C=O) groups is 1. The highest BCUT2D eigenvalue weighted by Gasteiger charge is 2.35. The van der Waals surface area contributed by atoms with Crippen molar-refractivity contribution < 1.29 is 4.79 Å². The minimum atomic E-state index is 0.302. The molecule has 4 nitrogen and oxygen atoms in total. The van der Waals surface area contributed by atoms with Gasteiger partial charge < -0.3 is 4.90 Å². The molecule has 0 aliphatic carbocycles. The van der Waals surface area contributed by atoms with Gasteiger partial charge in [-0.3, -0.25) is 9.69 Å². The van der Waals surface area contributed by atoms with Crippen LogP contribution in [0.2, 0.25) is 10.3 Å². The quantitative estimate of drug-likeness (QED) is 0.786. The third-order valence-electron chi connectivity index (χ3n) is 3.86. The first-order valence-electron chi connectivity index (χ1n) is 6.46. The van der Waals surface area contributed by atoms with Gasteiger partial charge in [-0.1, -0.05) is 29.3 Å². The predicted octanol–water partition coefficient (Wildman–Crippen LogP) is 2.20. The summed E-state index contributed by atoms with van der Waals surface area (Å²) in [5.74, 6) is 0.302. The smallest absolute Gasteiger partial charge is 0.222 e. The number of halogens is 2. The van der Waals surface area contributed by atoms with Crippen molar-refractivity contribution in [3.63, 3.8) is 0 Å². The zero-order chi connectivity index (χ0) is 13.4. The number of piperazine rings is 1. The van der Waals surface area contributed by atoms with E-state index in [2.05, 4.69) is 9.88 Å². The molecule has 102 valence electrons. The highest BCUT2D eigenvalue weighted by atomic mass is 35.5. The molecule has 2 fully saturated rings. The fourth-order valence-electron chi connectivity index (χ4n) is 2.87. The summed E-state index contributed by atoms with van der Waals surface area (Å²) in [4.78, 5) is 20.0. The second-order valence-corrected chi connectivity index (χ2v) is 5.84. The molecule has 1 unspecified atom stereocenters. The number of fused-ring (bicyclic) bond motifs is 1. The Kier molecular flexibility index (Phi) is 3.65. The minimum absolute atomic E-state index is 0.302. The van der Waals surface area contributed by atoms with Crippen LogP contribution in [0.5, 0.6) is 0 Å². The fraction of sp³-hybridized carbons (Fsp3) is 0.538. The SMILES string of the molecule is O=C1CCC2CN(Cc3ccc(Cl)nc3Cl)CCN12. The Morgan fingerprint density at radius 1 is 1.32 bits per heavy atom. The summed E-state index contributed by atoms with van der Waals surface area (Å²) < 4.78 is 0. The maximum atomic E-state index is 11.6. The summed E-state index contributed by atoms with van der Waals surface area (Å²) in [6.07, 6.45) is 1.67. The molecule has 1 amide bonds. The average molecular weight is 300 g/mol. The van der Waals surface area contributed by atoms with Crippen molar-refractivity contribution in [1.82, 2.24) is 14.8 Å². The summed E-state index contributed by atoms with van der Waals surface area (Å²) in [7, 11) is 0. The Labute approximate surface area is 122 Å². The Hall–Kier alpha value is -0.840. The van der Waals surface area contributed by atoms with Crippen molar-refractivity contribution >= 4 is 29.1 Å². The number of rotatable bonds is 2. The van der Waals surface area contributed by atoms with E-state index in [1.807, 2.05) is 11.0 Å².